The quantitative estimate of drug-likeness (QED) is 0.479. The van der Waals surface area contributed by atoms with Crippen molar-refractivity contribution in [3.63, 3.8) is 0 Å². The summed E-state index contributed by atoms with van der Waals surface area (Å²) in [4.78, 5) is 26.2. The Balaban J connectivity index is 2.16. The number of carbonyl (C=O) groups is 1. The highest BCUT2D eigenvalue weighted by atomic mass is 16.6. The molecule has 19 heavy (non-hydrogen) atoms. The Kier molecular flexibility index (Phi) is 3.41. The Morgan fingerprint density at radius 1 is 1.32 bits per heavy atom. The van der Waals surface area contributed by atoms with Crippen LogP contribution in [0.1, 0.15) is 21.7 Å². The summed E-state index contributed by atoms with van der Waals surface area (Å²) in [7, 11) is 0. The molecular weight excluding hydrogens is 246 g/mol. The van der Waals surface area contributed by atoms with Gasteiger partial charge in [-0.05, 0) is 26.0 Å². The van der Waals surface area contributed by atoms with Gasteiger partial charge in [0.1, 0.15) is 0 Å². The van der Waals surface area contributed by atoms with Gasteiger partial charge in [-0.3, -0.25) is 14.9 Å². The van der Waals surface area contributed by atoms with Gasteiger partial charge in [0.25, 0.3) is 5.69 Å². The number of aryl methyl sites for hydroxylation is 1. The third kappa shape index (κ3) is 2.67. The summed E-state index contributed by atoms with van der Waals surface area (Å²) in [6, 6.07) is 5.61. The van der Waals surface area contributed by atoms with Gasteiger partial charge in [0, 0.05) is 23.4 Å². The van der Waals surface area contributed by atoms with E-state index in [0.29, 0.717) is 5.56 Å². The number of aromatic nitrogens is 2. The van der Waals surface area contributed by atoms with Crippen LogP contribution in [0.15, 0.2) is 30.6 Å². The monoisotopic (exact) mass is 259 g/mol. The smallest absolute Gasteiger partial charge is 0.269 e. The molecule has 1 heterocycles. The topological polar surface area (TPSA) is 78.0 Å². The zero-order chi connectivity index (χ0) is 14.0. The molecule has 6 nitrogen and oxygen atoms in total. The molecule has 0 spiro atoms. The summed E-state index contributed by atoms with van der Waals surface area (Å²) >= 11 is 0. The molecule has 0 aliphatic rings. The van der Waals surface area contributed by atoms with Crippen LogP contribution in [0.4, 0.5) is 5.69 Å². The minimum atomic E-state index is -0.488. The minimum Gasteiger partial charge on any atom is -0.327 e. The highest BCUT2D eigenvalue weighted by molar-refractivity contribution is 5.96. The highest BCUT2D eigenvalue weighted by Gasteiger charge is 2.11. The third-order valence-electron chi connectivity index (χ3n) is 3.06. The van der Waals surface area contributed by atoms with E-state index < -0.39 is 4.92 Å². The molecule has 0 saturated carbocycles. The number of non-ortho nitro benzene ring substituents is 1. The van der Waals surface area contributed by atoms with Crippen LogP contribution < -0.4 is 0 Å². The summed E-state index contributed by atoms with van der Waals surface area (Å²) in [5, 5.41) is 10.5. The molecule has 0 saturated heterocycles. The summed E-state index contributed by atoms with van der Waals surface area (Å²) in [6.45, 7) is 3.96. The van der Waals surface area contributed by atoms with E-state index in [4.69, 9.17) is 0 Å². The standard InChI is InChI=1S/C13H13N3O3/c1-9-10(2)15(8-14-9)7-13(17)11-3-5-12(6-4-11)16(18)19/h3-6,8H,7H2,1-2H3. The second-order valence-corrected chi connectivity index (χ2v) is 4.27. The minimum absolute atomic E-state index is 0.0220. The number of benzene rings is 1. The summed E-state index contributed by atoms with van der Waals surface area (Å²) < 4.78 is 1.76. The Labute approximate surface area is 109 Å². The second-order valence-electron chi connectivity index (χ2n) is 4.27. The van der Waals surface area contributed by atoms with Crippen molar-refractivity contribution in [3.05, 3.63) is 57.7 Å². The molecular formula is C13H13N3O3. The van der Waals surface area contributed by atoms with Crippen molar-refractivity contribution >= 4 is 11.5 Å². The van der Waals surface area contributed by atoms with Crippen LogP contribution in [0.25, 0.3) is 0 Å². The number of imidazole rings is 1. The Morgan fingerprint density at radius 2 is 1.95 bits per heavy atom. The van der Waals surface area contributed by atoms with Gasteiger partial charge in [0.05, 0.1) is 23.5 Å². The van der Waals surface area contributed by atoms with Crippen molar-refractivity contribution in [2.24, 2.45) is 0 Å². The van der Waals surface area contributed by atoms with Crippen molar-refractivity contribution in [2.45, 2.75) is 20.4 Å². The van der Waals surface area contributed by atoms with E-state index in [1.54, 1.807) is 10.9 Å². The van der Waals surface area contributed by atoms with Crippen LogP contribution in [0, 0.1) is 24.0 Å². The van der Waals surface area contributed by atoms with E-state index in [0.717, 1.165) is 11.4 Å². The first-order valence-corrected chi connectivity index (χ1v) is 5.75. The molecule has 1 aromatic carbocycles. The van der Waals surface area contributed by atoms with Gasteiger partial charge in [-0.25, -0.2) is 4.98 Å². The average molecular weight is 259 g/mol. The van der Waals surface area contributed by atoms with Crippen LogP contribution >= 0.6 is 0 Å². The van der Waals surface area contributed by atoms with Crippen molar-refractivity contribution in [1.82, 2.24) is 9.55 Å². The second kappa shape index (κ2) is 5.01. The van der Waals surface area contributed by atoms with E-state index >= 15 is 0 Å². The fourth-order valence-corrected chi connectivity index (χ4v) is 1.72. The molecule has 0 amide bonds. The summed E-state index contributed by atoms with van der Waals surface area (Å²) in [5.41, 5.74) is 2.26. The molecule has 2 rings (SSSR count). The molecule has 1 aromatic heterocycles. The lowest BCUT2D eigenvalue weighted by Gasteiger charge is -2.04. The maximum Gasteiger partial charge on any atom is 0.269 e. The van der Waals surface area contributed by atoms with E-state index in [9.17, 15) is 14.9 Å². The van der Waals surface area contributed by atoms with Crippen LogP contribution in [0.2, 0.25) is 0 Å². The Bertz CT molecular complexity index is 629. The molecule has 0 fully saturated rings. The zero-order valence-corrected chi connectivity index (χ0v) is 10.7. The van der Waals surface area contributed by atoms with Crippen LogP contribution in [-0.2, 0) is 6.54 Å². The lowest BCUT2D eigenvalue weighted by atomic mass is 10.1. The van der Waals surface area contributed by atoms with E-state index in [2.05, 4.69) is 4.98 Å². The molecule has 0 aliphatic heterocycles. The van der Waals surface area contributed by atoms with Gasteiger partial charge in [-0.1, -0.05) is 0 Å². The number of nitro groups is 1. The zero-order valence-electron chi connectivity index (χ0n) is 10.7. The summed E-state index contributed by atoms with van der Waals surface area (Å²) in [6.07, 6.45) is 1.62. The largest absolute Gasteiger partial charge is 0.327 e. The average Bonchev–Trinajstić information content (AvgIpc) is 2.71. The van der Waals surface area contributed by atoms with Gasteiger partial charge in [0.2, 0.25) is 0 Å². The van der Waals surface area contributed by atoms with Gasteiger partial charge in [-0.15, -0.1) is 0 Å². The molecule has 0 N–H and O–H groups in total. The predicted molar refractivity (Wildman–Crippen MR) is 69.1 cm³/mol. The first kappa shape index (κ1) is 12.9. The molecule has 0 aliphatic carbocycles. The van der Waals surface area contributed by atoms with Gasteiger partial charge in [0.15, 0.2) is 5.78 Å². The first-order valence-electron chi connectivity index (χ1n) is 5.75. The highest BCUT2D eigenvalue weighted by Crippen LogP contribution is 2.13. The van der Waals surface area contributed by atoms with Crippen LogP contribution in [-0.4, -0.2) is 20.3 Å². The fraction of sp³-hybridized carbons (Fsp3) is 0.231. The number of nitro benzene ring substituents is 1. The molecule has 98 valence electrons. The lowest BCUT2D eigenvalue weighted by Crippen LogP contribution is -2.11. The van der Waals surface area contributed by atoms with E-state index in [-0.39, 0.29) is 18.0 Å². The van der Waals surface area contributed by atoms with E-state index in [1.165, 1.54) is 24.3 Å². The number of carbonyl (C=O) groups excluding carboxylic acids is 1. The maximum absolute atomic E-state index is 12.0. The number of ketones is 1. The lowest BCUT2D eigenvalue weighted by molar-refractivity contribution is -0.384. The Morgan fingerprint density at radius 3 is 2.42 bits per heavy atom. The molecule has 0 bridgehead atoms. The van der Waals surface area contributed by atoms with Gasteiger partial charge in [-0.2, -0.15) is 0 Å². The normalized spacial score (nSPS) is 10.4. The molecule has 0 unspecified atom stereocenters. The molecule has 6 heteroatoms. The first-order chi connectivity index (χ1) is 8.99. The number of nitrogens with zero attached hydrogens (tertiary/aromatic N) is 3. The maximum atomic E-state index is 12.0. The number of rotatable bonds is 4. The summed E-state index contributed by atoms with van der Waals surface area (Å²) in [5.74, 6) is -0.101. The van der Waals surface area contributed by atoms with Crippen molar-refractivity contribution in [2.75, 3.05) is 0 Å². The molecule has 0 atom stereocenters. The van der Waals surface area contributed by atoms with Crippen LogP contribution in [0.3, 0.4) is 0 Å². The van der Waals surface area contributed by atoms with Crippen LogP contribution in [0.5, 0.6) is 0 Å². The number of hydrogen-bond acceptors (Lipinski definition) is 4. The SMILES string of the molecule is Cc1ncn(CC(=O)c2ccc([N+](=O)[O-])cc2)c1C. The van der Waals surface area contributed by atoms with Gasteiger partial charge >= 0.3 is 0 Å². The number of hydrogen-bond donors (Lipinski definition) is 0. The molecule has 0 radical (unpaired) electrons. The van der Waals surface area contributed by atoms with Crippen molar-refractivity contribution in [3.8, 4) is 0 Å². The number of Topliss-reactive ketones (excluding diaryl/α,β-unsaturated/α-hetero) is 1. The van der Waals surface area contributed by atoms with Gasteiger partial charge < -0.3 is 4.57 Å². The predicted octanol–water partition coefficient (Wildman–Crippen LogP) is 2.29. The third-order valence-corrected chi connectivity index (χ3v) is 3.06. The van der Waals surface area contributed by atoms with Crippen molar-refractivity contribution < 1.29 is 9.72 Å². The van der Waals surface area contributed by atoms with Crippen molar-refractivity contribution in [1.29, 1.82) is 0 Å². The molecule has 2 aromatic rings. The fourth-order valence-electron chi connectivity index (χ4n) is 1.72. The Hall–Kier alpha value is -2.50. The van der Waals surface area contributed by atoms with E-state index in [1.807, 2.05) is 13.8 Å².